The fourth-order valence-electron chi connectivity index (χ4n) is 3.60. The molecule has 0 aliphatic heterocycles. The van der Waals surface area contributed by atoms with Gasteiger partial charge in [0.15, 0.2) is 0 Å². The Labute approximate surface area is 182 Å². The monoisotopic (exact) mass is 435 g/mol. The Balaban J connectivity index is 2.22. The summed E-state index contributed by atoms with van der Waals surface area (Å²) in [5.74, 6) is -3.06. The summed E-state index contributed by atoms with van der Waals surface area (Å²) in [6.07, 6.45) is 2.90. The number of aryl methyl sites for hydroxylation is 1. The van der Waals surface area contributed by atoms with Crippen LogP contribution in [0, 0.1) is 13.8 Å². The summed E-state index contributed by atoms with van der Waals surface area (Å²) >= 11 is 0. The van der Waals surface area contributed by atoms with E-state index in [4.69, 9.17) is 11.5 Å². The number of carbonyl (C=O) groups is 3. The summed E-state index contributed by atoms with van der Waals surface area (Å²) in [6, 6.07) is 8.01. The van der Waals surface area contributed by atoms with E-state index >= 15 is 0 Å². The van der Waals surface area contributed by atoms with Crippen molar-refractivity contribution in [2.24, 2.45) is 11.5 Å². The first-order chi connectivity index (χ1) is 15.1. The molecule has 2 amide bonds. The lowest BCUT2D eigenvalue weighted by molar-refractivity contribution is 0.0695. The molecule has 6 N–H and O–H groups in total. The van der Waals surface area contributed by atoms with Crippen LogP contribution in [0.3, 0.4) is 0 Å². The number of amides is 2. The minimum absolute atomic E-state index is 0.000626. The molecule has 10 nitrogen and oxygen atoms in total. The Morgan fingerprint density at radius 2 is 1.81 bits per heavy atom. The zero-order valence-electron chi connectivity index (χ0n) is 17.4. The number of nitrogens with one attached hydrogen (secondary N) is 1. The van der Waals surface area contributed by atoms with Crippen LogP contribution < -0.4 is 22.3 Å². The number of pyridine rings is 2. The van der Waals surface area contributed by atoms with E-state index in [0.29, 0.717) is 11.3 Å². The fourth-order valence-corrected chi connectivity index (χ4v) is 3.60. The number of carboxylic acids is 1. The molecule has 0 bridgehead atoms. The maximum absolute atomic E-state index is 13.2. The number of carbonyl (C=O) groups excluding carboxylic acids is 2. The highest BCUT2D eigenvalue weighted by Gasteiger charge is 2.24. The number of aromatic nitrogens is 2. The molecular formula is C22H21N5O5. The van der Waals surface area contributed by atoms with Gasteiger partial charge >= 0.3 is 5.97 Å². The number of rotatable bonds is 7. The van der Waals surface area contributed by atoms with Crippen molar-refractivity contribution in [3.8, 4) is 5.69 Å². The number of hydrogen-bond donors (Lipinski definition) is 4. The second kappa shape index (κ2) is 8.72. The standard InChI is InChI=1S/C22H21N5O5/c1-11-9-14(19(23)28)18(12(2)16(11)20(24)29)27-8-6-15(17(21(27)30)22(31)32)26-10-13-5-3-4-7-25-13/h3-9,26H,10H2,1-2H3,(H2,23,28)(H2,24,29)(H,31,32). The summed E-state index contributed by atoms with van der Waals surface area (Å²) in [7, 11) is 0. The van der Waals surface area contributed by atoms with Crippen LogP contribution in [-0.4, -0.2) is 32.4 Å². The van der Waals surface area contributed by atoms with Crippen LogP contribution >= 0.6 is 0 Å². The van der Waals surface area contributed by atoms with Gasteiger partial charge in [-0.1, -0.05) is 6.07 Å². The normalized spacial score (nSPS) is 10.6. The van der Waals surface area contributed by atoms with E-state index in [1.807, 2.05) is 0 Å². The highest BCUT2D eigenvalue weighted by atomic mass is 16.4. The van der Waals surface area contributed by atoms with E-state index in [1.165, 1.54) is 25.3 Å². The van der Waals surface area contributed by atoms with Crippen LogP contribution in [0.2, 0.25) is 0 Å². The zero-order valence-corrected chi connectivity index (χ0v) is 17.4. The van der Waals surface area contributed by atoms with E-state index in [9.17, 15) is 24.3 Å². The minimum Gasteiger partial charge on any atom is -0.477 e. The van der Waals surface area contributed by atoms with Crippen molar-refractivity contribution in [2.45, 2.75) is 20.4 Å². The first kappa shape index (κ1) is 22.2. The molecule has 164 valence electrons. The molecule has 0 saturated carbocycles. The summed E-state index contributed by atoms with van der Waals surface area (Å²) in [6.45, 7) is 3.28. The third kappa shape index (κ3) is 4.06. The van der Waals surface area contributed by atoms with Crippen molar-refractivity contribution in [3.05, 3.63) is 86.6 Å². The van der Waals surface area contributed by atoms with E-state index in [2.05, 4.69) is 10.3 Å². The molecule has 2 heterocycles. The van der Waals surface area contributed by atoms with Gasteiger partial charge in [0.05, 0.1) is 29.2 Å². The highest BCUT2D eigenvalue weighted by molar-refractivity contribution is 6.03. The molecule has 1 aromatic carbocycles. The van der Waals surface area contributed by atoms with Crippen LogP contribution in [0.15, 0.2) is 47.5 Å². The SMILES string of the molecule is Cc1cc(C(N)=O)c(-n2ccc(NCc3ccccn3)c(C(=O)O)c2=O)c(C)c1C(N)=O. The smallest absolute Gasteiger partial charge is 0.343 e. The third-order valence-corrected chi connectivity index (χ3v) is 4.99. The molecule has 2 aromatic heterocycles. The lowest BCUT2D eigenvalue weighted by Gasteiger charge is -2.19. The molecule has 0 radical (unpaired) electrons. The average Bonchev–Trinajstić information content (AvgIpc) is 2.72. The maximum Gasteiger partial charge on any atom is 0.343 e. The first-order valence-corrected chi connectivity index (χ1v) is 9.50. The third-order valence-electron chi connectivity index (χ3n) is 4.99. The summed E-state index contributed by atoms with van der Waals surface area (Å²) in [4.78, 5) is 53.3. The number of benzene rings is 1. The first-order valence-electron chi connectivity index (χ1n) is 9.50. The van der Waals surface area contributed by atoms with E-state index in [1.54, 1.807) is 31.3 Å². The lowest BCUT2D eigenvalue weighted by Crippen LogP contribution is -2.30. The van der Waals surface area contributed by atoms with Gasteiger partial charge in [0.2, 0.25) is 5.91 Å². The van der Waals surface area contributed by atoms with Crippen LogP contribution in [0.25, 0.3) is 5.69 Å². The predicted molar refractivity (Wildman–Crippen MR) is 117 cm³/mol. The molecule has 0 unspecified atom stereocenters. The Kier molecular flexibility index (Phi) is 6.06. The molecule has 10 heteroatoms. The molecule has 3 aromatic rings. The highest BCUT2D eigenvalue weighted by Crippen LogP contribution is 2.26. The van der Waals surface area contributed by atoms with Crippen molar-refractivity contribution >= 4 is 23.5 Å². The lowest BCUT2D eigenvalue weighted by atomic mass is 9.95. The fraction of sp³-hybridized carbons (Fsp3) is 0.136. The van der Waals surface area contributed by atoms with Gasteiger partial charge in [-0.05, 0) is 49.2 Å². The second-order valence-corrected chi connectivity index (χ2v) is 7.08. The zero-order chi connectivity index (χ0) is 23.6. The maximum atomic E-state index is 13.2. The average molecular weight is 435 g/mol. The van der Waals surface area contributed by atoms with Crippen molar-refractivity contribution in [1.29, 1.82) is 0 Å². The van der Waals surface area contributed by atoms with Crippen LogP contribution in [0.4, 0.5) is 5.69 Å². The molecule has 0 atom stereocenters. The Bertz CT molecular complexity index is 1300. The summed E-state index contributed by atoms with van der Waals surface area (Å²) < 4.78 is 0.983. The molecular weight excluding hydrogens is 414 g/mol. The van der Waals surface area contributed by atoms with Crippen LogP contribution in [-0.2, 0) is 6.54 Å². The molecule has 0 fully saturated rings. The molecule has 0 spiro atoms. The predicted octanol–water partition coefficient (Wildman–Crippen LogP) is 1.36. The van der Waals surface area contributed by atoms with Crippen LogP contribution in [0.5, 0.6) is 0 Å². The molecule has 32 heavy (non-hydrogen) atoms. The van der Waals surface area contributed by atoms with Gasteiger partial charge in [0.25, 0.3) is 11.5 Å². The second-order valence-electron chi connectivity index (χ2n) is 7.08. The van der Waals surface area contributed by atoms with Gasteiger partial charge in [-0.25, -0.2) is 4.79 Å². The van der Waals surface area contributed by atoms with Gasteiger partial charge < -0.3 is 21.9 Å². The number of aromatic carboxylic acids is 1. The molecule has 0 saturated heterocycles. The Morgan fingerprint density at radius 1 is 1.09 bits per heavy atom. The number of anilines is 1. The van der Waals surface area contributed by atoms with Gasteiger partial charge in [-0.3, -0.25) is 23.9 Å². The molecule has 3 rings (SSSR count). The minimum atomic E-state index is -1.46. The number of nitrogens with zero attached hydrogens (tertiary/aromatic N) is 2. The van der Waals surface area contributed by atoms with Crippen molar-refractivity contribution in [1.82, 2.24) is 9.55 Å². The summed E-state index contributed by atoms with van der Waals surface area (Å²) in [5, 5.41) is 12.6. The Morgan fingerprint density at radius 3 is 2.38 bits per heavy atom. The van der Waals surface area contributed by atoms with Gasteiger partial charge in [0, 0.05) is 18.0 Å². The van der Waals surface area contributed by atoms with E-state index in [-0.39, 0.29) is 34.6 Å². The van der Waals surface area contributed by atoms with Gasteiger partial charge in [-0.15, -0.1) is 0 Å². The number of nitrogens with two attached hydrogens (primary N) is 2. The van der Waals surface area contributed by atoms with Crippen molar-refractivity contribution in [3.63, 3.8) is 0 Å². The Hall–Kier alpha value is -4.47. The molecule has 0 aliphatic rings. The van der Waals surface area contributed by atoms with Crippen LogP contribution in [0.1, 0.15) is 47.9 Å². The summed E-state index contributed by atoms with van der Waals surface area (Å²) in [5.41, 5.74) is 11.0. The van der Waals surface area contributed by atoms with Gasteiger partial charge in [-0.2, -0.15) is 0 Å². The number of primary amides is 2. The van der Waals surface area contributed by atoms with Gasteiger partial charge in [0.1, 0.15) is 5.56 Å². The topological polar surface area (TPSA) is 170 Å². The van der Waals surface area contributed by atoms with E-state index in [0.717, 1.165) is 4.57 Å². The number of carboxylic acid groups (broad SMARTS) is 1. The van der Waals surface area contributed by atoms with Crippen molar-refractivity contribution in [2.75, 3.05) is 5.32 Å². The largest absolute Gasteiger partial charge is 0.477 e. The van der Waals surface area contributed by atoms with Crippen molar-refractivity contribution < 1.29 is 19.5 Å². The quantitative estimate of drug-likeness (QED) is 0.434. The van der Waals surface area contributed by atoms with E-state index < -0.39 is 28.9 Å². The molecule has 0 aliphatic carbocycles. The number of hydrogen-bond acceptors (Lipinski definition) is 6.